The first-order chi connectivity index (χ1) is 9.15. The molecule has 2 atom stereocenters. The van der Waals surface area contributed by atoms with Crippen molar-refractivity contribution >= 4 is 11.6 Å². The monoisotopic (exact) mass is 271 g/mol. The zero-order chi connectivity index (χ0) is 13.8. The summed E-state index contributed by atoms with van der Waals surface area (Å²) in [6, 6.07) is 0.819. The smallest absolute Gasteiger partial charge is 0.168 e. The van der Waals surface area contributed by atoms with E-state index in [0.29, 0.717) is 12.5 Å². The third-order valence-electron chi connectivity index (χ3n) is 3.75. The lowest BCUT2D eigenvalue weighted by Gasteiger charge is -2.18. The molecule has 6 heteroatoms. The van der Waals surface area contributed by atoms with Crippen molar-refractivity contribution in [2.75, 3.05) is 30.8 Å². The summed E-state index contributed by atoms with van der Waals surface area (Å²) in [5.41, 5.74) is 0. The van der Waals surface area contributed by atoms with Crippen LogP contribution in [0.5, 0.6) is 0 Å². The SMILES string of the molecule is CNc1nc(NCC2CCCC2CO)c(F)cc1F. The molecule has 1 aromatic heterocycles. The van der Waals surface area contributed by atoms with Gasteiger partial charge >= 0.3 is 0 Å². The Morgan fingerprint density at radius 3 is 2.63 bits per heavy atom. The number of aliphatic hydroxyl groups is 1. The molecule has 0 saturated heterocycles. The molecule has 106 valence electrons. The van der Waals surface area contributed by atoms with Crippen molar-refractivity contribution in [1.82, 2.24) is 4.98 Å². The van der Waals surface area contributed by atoms with Crippen molar-refractivity contribution < 1.29 is 13.9 Å². The molecule has 19 heavy (non-hydrogen) atoms. The highest BCUT2D eigenvalue weighted by atomic mass is 19.1. The number of hydrogen-bond acceptors (Lipinski definition) is 4. The Bertz CT molecular complexity index is 442. The third-order valence-corrected chi connectivity index (χ3v) is 3.75. The van der Waals surface area contributed by atoms with Crippen LogP contribution in [0.1, 0.15) is 19.3 Å². The Hall–Kier alpha value is -1.43. The molecule has 1 fully saturated rings. The molecule has 1 saturated carbocycles. The molecule has 3 N–H and O–H groups in total. The molecule has 1 aromatic rings. The molecule has 2 rings (SSSR count). The molecule has 2 unspecified atom stereocenters. The lowest BCUT2D eigenvalue weighted by Crippen LogP contribution is -2.21. The van der Waals surface area contributed by atoms with Gasteiger partial charge in [0.1, 0.15) is 0 Å². The number of anilines is 2. The maximum atomic E-state index is 13.6. The van der Waals surface area contributed by atoms with Gasteiger partial charge < -0.3 is 15.7 Å². The molecule has 0 aromatic carbocycles. The van der Waals surface area contributed by atoms with Gasteiger partial charge in [-0.3, -0.25) is 0 Å². The van der Waals surface area contributed by atoms with Gasteiger partial charge in [-0.05, 0) is 24.7 Å². The fourth-order valence-corrected chi connectivity index (χ4v) is 2.62. The summed E-state index contributed by atoms with van der Waals surface area (Å²) in [7, 11) is 1.53. The first-order valence-electron chi connectivity index (χ1n) is 6.54. The molecule has 0 amide bonds. The Morgan fingerprint density at radius 1 is 1.26 bits per heavy atom. The molecular weight excluding hydrogens is 252 g/mol. The maximum absolute atomic E-state index is 13.6. The normalized spacial score (nSPS) is 22.5. The Balaban J connectivity index is 2.03. The molecule has 0 radical (unpaired) electrons. The summed E-state index contributed by atoms with van der Waals surface area (Å²) in [5, 5.41) is 14.7. The Morgan fingerprint density at radius 2 is 1.95 bits per heavy atom. The second kappa shape index (κ2) is 6.14. The van der Waals surface area contributed by atoms with E-state index in [4.69, 9.17) is 0 Å². The molecule has 1 aliphatic rings. The van der Waals surface area contributed by atoms with E-state index in [0.717, 1.165) is 25.3 Å². The van der Waals surface area contributed by atoms with Crippen LogP contribution < -0.4 is 10.6 Å². The van der Waals surface area contributed by atoms with E-state index in [1.54, 1.807) is 0 Å². The van der Waals surface area contributed by atoms with Gasteiger partial charge in [-0.2, -0.15) is 0 Å². The molecule has 0 aliphatic heterocycles. The summed E-state index contributed by atoms with van der Waals surface area (Å²) in [6.45, 7) is 0.706. The van der Waals surface area contributed by atoms with E-state index >= 15 is 0 Å². The largest absolute Gasteiger partial charge is 0.396 e. The van der Waals surface area contributed by atoms with Gasteiger partial charge in [0.25, 0.3) is 0 Å². The van der Waals surface area contributed by atoms with E-state index in [9.17, 15) is 13.9 Å². The predicted molar refractivity (Wildman–Crippen MR) is 70.1 cm³/mol. The molecule has 0 spiro atoms. The van der Waals surface area contributed by atoms with Crippen LogP contribution in [0.15, 0.2) is 6.07 Å². The van der Waals surface area contributed by atoms with E-state index in [-0.39, 0.29) is 24.2 Å². The third kappa shape index (κ3) is 3.12. The predicted octanol–water partition coefficient (Wildman–Crippen LogP) is 2.22. The van der Waals surface area contributed by atoms with Crippen LogP contribution in [-0.4, -0.2) is 30.3 Å². The zero-order valence-corrected chi connectivity index (χ0v) is 10.9. The molecule has 0 bridgehead atoms. The fourth-order valence-electron chi connectivity index (χ4n) is 2.62. The summed E-state index contributed by atoms with van der Waals surface area (Å²) in [5.74, 6) is -0.757. The van der Waals surface area contributed by atoms with Crippen molar-refractivity contribution in [3.05, 3.63) is 17.7 Å². The van der Waals surface area contributed by atoms with E-state index in [1.165, 1.54) is 7.05 Å². The zero-order valence-electron chi connectivity index (χ0n) is 10.9. The lowest BCUT2D eigenvalue weighted by molar-refractivity contribution is 0.199. The number of nitrogens with one attached hydrogen (secondary N) is 2. The number of aromatic nitrogens is 1. The second-order valence-electron chi connectivity index (χ2n) is 4.91. The van der Waals surface area contributed by atoms with Crippen LogP contribution in [0, 0.1) is 23.5 Å². The minimum absolute atomic E-state index is 0.0223. The first kappa shape index (κ1) is 14.0. The van der Waals surface area contributed by atoms with Crippen molar-refractivity contribution in [3.8, 4) is 0 Å². The molecule has 1 aliphatic carbocycles. The minimum atomic E-state index is -0.709. The average Bonchev–Trinajstić information content (AvgIpc) is 2.85. The highest BCUT2D eigenvalue weighted by Crippen LogP contribution is 2.31. The summed E-state index contributed by atoms with van der Waals surface area (Å²) in [4.78, 5) is 3.87. The number of hydrogen-bond donors (Lipinski definition) is 3. The van der Waals surface area contributed by atoms with Crippen LogP contribution in [-0.2, 0) is 0 Å². The number of pyridine rings is 1. The van der Waals surface area contributed by atoms with E-state index in [1.807, 2.05) is 0 Å². The molecular formula is C13H19F2N3O. The van der Waals surface area contributed by atoms with Gasteiger partial charge in [0.2, 0.25) is 0 Å². The standard InChI is InChI=1S/C13H19F2N3O/c1-16-12-10(14)5-11(15)13(18-12)17-6-8-3-2-4-9(8)7-19/h5,8-9,19H,2-4,6-7H2,1H3,(H2,16,17,18). The topological polar surface area (TPSA) is 57.2 Å². The summed E-state index contributed by atoms with van der Waals surface area (Å²) < 4.78 is 26.8. The quantitative estimate of drug-likeness (QED) is 0.768. The van der Waals surface area contributed by atoms with Crippen LogP contribution >= 0.6 is 0 Å². The second-order valence-corrected chi connectivity index (χ2v) is 4.91. The highest BCUT2D eigenvalue weighted by Gasteiger charge is 2.26. The van der Waals surface area contributed by atoms with Crippen molar-refractivity contribution in [2.45, 2.75) is 19.3 Å². The number of aliphatic hydroxyl groups excluding tert-OH is 1. The van der Waals surface area contributed by atoms with E-state index < -0.39 is 11.6 Å². The molecule has 4 nitrogen and oxygen atoms in total. The molecule has 1 heterocycles. The van der Waals surface area contributed by atoms with E-state index in [2.05, 4.69) is 15.6 Å². The van der Waals surface area contributed by atoms with Crippen LogP contribution in [0.2, 0.25) is 0 Å². The van der Waals surface area contributed by atoms with Gasteiger partial charge in [0.05, 0.1) is 0 Å². The van der Waals surface area contributed by atoms with Crippen molar-refractivity contribution in [2.24, 2.45) is 11.8 Å². The van der Waals surface area contributed by atoms with Crippen LogP contribution in [0.25, 0.3) is 0 Å². The number of rotatable bonds is 5. The minimum Gasteiger partial charge on any atom is -0.396 e. The average molecular weight is 271 g/mol. The Kier molecular flexibility index (Phi) is 4.52. The van der Waals surface area contributed by atoms with Crippen molar-refractivity contribution in [3.63, 3.8) is 0 Å². The van der Waals surface area contributed by atoms with Gasteiger partial charge in [-0.25, -0.2) is 13.8 Å². The fraction of sp³-hybridized carbons (Fsp3) is 0.615. The van der Waals surface area contributed by atoms with Gasteiger partial charge in [0, 0.05) is 26.3 Å². The lowest BCUT2D eigenvalue weighted by atomic mass is 9.97. The highest BCUT2D eigenvalue weighted by molar-refractivity contribution is 5.47. The summed E-state index contributed by atoms with van der Waals surface area (Å²) in [6.07, 6.45) is 3.10. The van der Waals surface area contributed by atoms with Crippen molar-refractivity contribution in [1.29, 1.82) is 0 Å². The van der Waals surface area contributed by atoms with Crippen LogP contribution in [0.4, 0.5) is 20.4 Å². The van der Waals surface area contributed by atoms with Gasteiger partial charge in [-0.1, -0.05) is 6.42 Å². The van der Waals surface area contributed by atoms with Gasteiger partial charge in [-0.15, -0.1) is 0 Å². The number of halogens is 2. The first-order valence-corrected chi connectivity index (χ1v) is 6.54. The van der Waals surface area contributed by atoms with Crippen LogP contribution in [0.3, 0.4) is 0 Å². The Labute approximate surface area is 111 Å². The summed E-state index contributed by atoms with van der Waals surface area (Å²) >= 11 is 0. The van der Waals surface area contributed by atoms with Gasteiger partial charge in [0.15, 0.2) is 23.3 Å². The number of nitrogens with zero attached hydrogens (tertiary/aromatic N) is 1. The maximum Gasteiger partial charge on any atom is 0.168 e.